The van der Waals surface area contributed by atoms with Crippen molar-refractivity contribution in [3.63, 3.8) is 0 Å². The monoisotopic (exact) mass is 315 g/mol. The lowest BCUT2D eigenvalue weighted by Crippen LogP contribution is -2.45. The summed E-state index contributed by atoms with van der Waals surface area (Å²) in [5, 5.41) is 9.65. The SMILES string of the molecule is CC(=O)O.CCCOON(C1CCCCC1)C1CCCCC1. The summed E-state index contributed by atoms with van der Waals surface area (Å²) in [5.41, 5.74) is 0. The average molecular weight is 315 g/mol. The smallest absolute Gasteiger partial charge is 0.300 e. The molecule has 130 valence electrons. The predicted molar refractivity (Wildman–Crippen MR) is 86.2 cm³/mol. The van der Waals surface area contributed by atoms with Crippen LogP contribution in [-0.4, -0.2) is 34.8 Å². The summed E-state index contributed by atoms with van der Waals surface area (Å²) in [6, 6.07) is 1.19. The van der Waals surface area contributed by atoms with Crippen molar-refractivity contribution in [3.8, 4) is 0 Å². The van der Waals surface area contributed by atoms with Crippen LogP contribution in [0.1, 0.15) is 84.5 Å². The summed E-state index contributed by atoms with van der Waals surface area (Å²) >= 11 is 0. The number of hydrogen-bond donors (Lipinski definition) is 1. The summed E-state index contributed by atoms with van der Waals surface area (Å²) in [6.07, 6.45) is 14.3. The molecule has 0 saturated heterocycles. The molecule has 5 heteroatoms. The van der Waals surface area contributed by atoms with E-state index in [-0.39, 0.29) is 0 Å². The fourth-order valence-corrected chi connectivity index (χ4v) is 3.27. The van der Waals surface area contributed by atoms with E-state index in [1.165, 1.54) is 64.2 Å². The van der Waals surface area contributed by atoms with Crippen molar-refractivity contribution in [1.29, 1.82) is 0 Å². The molecule has 0 heterocycles. The van der Waals surface area contributed by atoms with Crippen molar-refractivity contribution in [2.45, 2.75) is 96.6 Å². The molecule has 0 spiro atoms. The highest BCUT2D eigenvalue weighted by atomic mass is 17.3. The Balaban J connectivity index is 0.000000541. The molecule has 0 amide bonds. The largest absolute Gasteiger partial charge is 0.481 e. The van der Waals surface area contributed by atoms with Gasteiger partial charge in [0.2, 0.25) is 0 Å². The van der Waals surface area contributed by atoms with Crippen LogP contribution < -0.4 is 0 Å². The summed E-state index contributed by atoms with van der Waals surface area (Å²) in [6.45, 7) is 3.91. The first-order valence-corrected chi connectivity index (χ1v) is 8.92. The molecule has 0 bridgehead atoms. The molecule has 0 aromatic heterocycles. The van der Waals surface area contributed by atoms with Gasteiger partial charge in [0, 0.05) is 19.0 Å². The molecule has 2 saturated carbocycles. The number of carboxylic acid groups (broad SMARTS) is 1. The maximum Gasteiger partial charge on any atom is 0.300 e. The summed E-state index contributed by atoms with van der Waals surface area (Å²) in [5.74, 6) is -0.833. The van der Waals surface area contributed by atoms with E-state index in [2.05, 4.69) is 12.0 Å². The van der Waals surface area contributed by atoms with Crippen LogP contribution in [-0.2, 0) is 14.7 Å². The van der Waals surface area contributed by atoms with Crippen molar-refractivity contribution in [1.82, 2.24) is 5.06 Å². The third-order valence-corrected chi connectivity index (χ3v) is 4.30. The first-order valence-electron chi connectivity index (χ1n) is 8.92. The second kappa shape index (κ2) is 11.9. The molecule has 0 radical (unpaired) electrons. The number of rotatable bonds is 6. The lowest BCUT2D eigenvalue weighted by molar-refractivity contribution is -0.450. The fourth-order valence-electron chi connectivity index (χ4n) is 3.27. The Hall–Kier alpha value is -0.650. The molecule has 0 atom stereocenters. The van der Waals surface area contributed by atoms with E-state index in [1.807, 2.05) is 0 Å². The average Bonchev–Trinajstić information content (AvgIpc) is 2.53. The minimum Gasteiger partial charge on any atom is -0.481 e. The molecule has 0 aromatic rings. The zero-order chi connectivity index (χ0) is 16.2. The lowest BCUT2D eigenvalue weighted by Gasteiger charge is -2.38. The standard InChI is InChI=1S/C15H29NO2.C2H4O2/c1-2-13-17-18-16(14-9-5-3-6-10-14)15-11-7-4-8-12-15;1-2(3)4/h14-15H,2-13H2,1H3;1H3,(H,3,4). The van der Waals surface area contributed by atoms with E-state index >= 15 is 0 Å². The third kappa shape index (κ3) is 8.11. The van der Waals surface area contributed by atoms with E-state index in [1.54, 1.807) is 0 Å². The van der Waals surface area contributed by atoms with Gasteiger partial charge in [0.05, 0.1) is 6.61 Å². The van der Waals surface area contributed by atoms with Crippen LogP contribution in [0.2, 0.25) is 0 Å². The molecule has 2 rings (SSSR count). The molecule has 2 aliphatic carbocycles. The van der Waals surface area contributed by atoms with Crippen LogP contribution in [0.15, 0.2) is 0 Å². The highest BCUT2D eigenvalue weighted by Gasteiger charge is 2.30. The molecule has 2 aliphatic rings. The van der Waals surface area contributed by atoms with Crippen LogP contribution >= 0.6 is 0 Å². The van der Waals surface area contributed by atoms with Gasteiger partial charge in [-0.1, -0.05) is 45.4 Å². The fraction of sp³-hybridized carbons (Fsp3) is 0.941. The minimum absolute atomic E-state index is 0.596. The Kier molecular flexibility index (Phi) is 10.5. The summed E-state index contributed by atoms with van der Waals surface area (Å²) < 4.78 is 0. The Morgan fingerprint density at radius 1 is 1.00 bits per heavy atom. The second-order valence-corrected chi connectivity index (χ2v) is 6.36. The number of hydroxylamine groups is 2. The van der Waals surface area contributed by atoms with Crippen LogP contribution in [0.5, 0.6) is 0 Å². The number of carbonyl (C=O) groups is 1. The molecule has 5 nitrogen and oxygen atoms in total. The third-order valence-electron chi connectivity index (χ3n) is 4.30. The molecule has 2 fully saturated rings. The topological polar surface area (TPSA) is 59.0 Å². The van der Waals surface area contributed by atoms with Crippen molar-refractivity contribution in [2.24, 2.45) is 0 Å². The number of hydrogen-bond acceptors (Lipinski definition) is 4. The van der Waals surface area contributed by atoms with E-state index in [0.717, 1.165) is 13.3 Å². The Morgan fingerprint density at radius 2 is 1.41 bits per heavy atom. The molecule has 0 aliphatic heterocycles. The summed E-state index contributed by atoms with van der Waals surface area (Å²) in [4.78, 5) is 20.1. The van der Waals surface area contributed by atoms with Gasteiger partial charge in [0.15, 0.2) is 0 Å². The van der Waals surface area contributed by atoms with Crippen LogP contribution in [0.4, 0.5) is 0 Å². The van der Waals surface area contributed by atoms with Gasteiger partial charge in [-0.15, -0.1) is 4.99 Å². The maximum absolute atomic E-state index is 9.00. The molecule has 0 unspecified atom stereocenters. The molecular formula is C17H33NO4. The van der Waals surface area contributed by atoms with E-state index in [0.29, 0.717) is 18.7 Å². The Morgan fingerprint density at radius 3 is 1.77 bits per heavy atom. The summed E-state index contributed by atoms with van der Waals surface area (Å²) in [7, 11) is 0. The molecule has 0 aromatic carbocycles. The maximum atomic E-state index is 9.00. The normalized spacial score (nSPS) is 20.5. The number of nitrogens with zero attached hydrogens (tertiary/aromatic N) is 1. The van der Waals surface area contributed by atoms with Crippen molar-refractivity contribution in [3.05, 3.63) is 0 Å². The predicted octanol–water partition coefficient (Wildman–Crippen LogP) is 4.32. The zero-order valence-electron chi connectivity index (χ0n) is 14.3. The van der Waals surface area contributed by atoms with Crippen molar-refractivity contribution >= 4 is 5.97 Å². The molecule has 22 heavy (non-hydrogen) atoms. The number of aliphatic carboxylic acids is 1. The van der Waals surface area contributed by atoms with E-state index in [4.69, 9.17) is 19.8 Å². The van der Waals surface area contributed by atoms with Gasteiger partial charge in [-0.3, -0.25) is 4.79 Å². The zero-order valence-corrected chi connectivity index (χ0v) is 14.3. The first-order chi connectivity index (χ1) is 10.6. The number of carboxylic acids is 1. The van der Waals surface area contributed by atoms with Gasteiger partial charge in [-0.05, 0) is 32.1 Å². The Labute approximate surface area is 134 Å². The molecule has 1 N–H and O–H groups in total. The van der Waals surface area contributed by atoms with Crippen LogP contribution in [0.25, 0.3) is 0 Å². The van der Waals surface area contributed by atoms with Crippen molar-refractivity contribution in [2.75, 3.05) is 6.61 Å². The Bertz CT molecular complexity index is 264. The minimum atomic E-state index is -0.833. The lowest BCUT2D eigenvalue weighted by atomic mass is 9.90. The van der Waals surface area contributed by atoms with E-state index in [9.17, 15) is 0 Å². The van der Waals surface area contributed by atoms with Gasteiger partial charge in [0.25, 0.3) is 5.97 Å². The highest BCUT2D eigenvalue weighted by Crippen LogP contribution is 2.30. The van der Waals surface area contributed by atoms with Crippen LogP contribution in [0, 0.1) is 0 Å². The molecular weight excluding hydrogens is 282 g/mol. The van der Waals surface area contributed by atoms with Gasteiger partial charge < -0.3 is 5.11 Å². The van der Waals surface area contributed by atoms with Gasteiger partial charge in [-0.25, -0.2) is 4.89 Å². The van der Waals surface area contributed by atoms with Crippen LogP contribution in [0.3, 0.4) is 0 Å². The first kappa shape index (κ1) is 19.4. The van der Waals surface area contributed by atoms with Gasteiger partial charge in [0.1, 0.15) is 0 Å². The second-order valence-electron chi connectivity index (χ2n) is 6.36. The highest BCUT2D eigenvalue weighted by molar-refractivity contribution is 5.62. The van der Waals surface area contributed by atoms with E-state index < -0.39 is 5.97 Å². The van der Waals surface area contributed by atoms with Gasteiger partial charge >= 0.3 is 0 Å². The quantitative estimate of drug-likeness (QED) is 0.449. The van der Waals surface area contributed by atoms with Gasteiger partial charge in [-0.2, -0.15) is 5.06 Å². The van der Waals surface area contributed by atoms with Crippen molar-refractivity contribution < 1.29 is 19.8 Å².